The summed E-state index contributed by atoms with van der Waals surface area (Å²) in [5.74, 6) is -0.567. The second kappa shape index (κ2) is 9.76. The van der Waals surface area contributed by atoms with E-state index in [0.29, 0.717) is 30.1 Å². The maximum Gasteiger partial charge on any atom is 0.260 e. The Morgan fingerprint density at radius 1 is 0.970 bits per heavy atom. The Balaban J connectivity index is 1.49. The van der Waals surface area contributed by atoms with Gasteiger partial charge in [0, 0.05) is 19.2 Å². The van der Waals surface area contributed by atoms with Crippen LogP contribution in [0.15, 0.2) is 59.5 Å². The Kier molecular flexibility index (Phi) is 6.80. The van der Waals surface area contributed by atoms with Crippen LogP contribution in [0.2, 0.25) is 0 Å². The molecular formula is C24H27N3O5S. The second-order valence-corrected chi connectivity index (χ2v) is 10.1. The van der Waals surface area contributed by atoms with Crippen molar-refractivity contribution in [3.05, 3.63) is 60.2 Å². The van der Waals surface area contributed by atoms with Crippen molar-refractivity contribution in [3.63, 3.8) is 0 Å². The lowest BCUT2D eigenvalue weighted by Crippen LogP contribution is -2.49. The molecular weight excluding hydrogens is 442 g/mol. The zero-order chi connectivity index (χ0) is 23.4. The number of nitrogens with zero attached hydrogens (tertiary/aromatic N) is 2. The predicted octanol–water partition coefficient (Wildman–Crippen LogP) is 2.54. The van der Waals surface area contributed by atoms with Crippen LogP contribution in [0.5, 0.6) is 5.75 Å². The topological polar surface area (TPSA) is 110 Å². The van der Waals surface area contributed by atoms with Gasteiger partial charge in [-0.15, -0.1) is 0 Å². The number of fused-ring (bicyclic) bond motifs is 1. The van der Waals surface area contributed by atoms with Crippen LogP contribution >= 0.6 is 0 Å². The molecule has 2 N–H and O–H groups in total. The maximum absolute atomic E-state index is 12.9. The van der Waals surface area contributed by atoms with E-state index in [9.17, 15) is 18.0 Å². The van der Waals surface area contributed by atoms with E-state index >= 15 is 0 Å². The fraction of sp³-hybridized carbons (Fsp3) is 0.333. The van der Waals surface area contributed by atoms with Gasteiger partial charge >= 0.3 is 0 Å². The number of ether oxygens (including phenoxy) is 1. The molecule has 0 aliphatic carbocycles. The number of carbonyl (C=O) groups excluding carboxylic acids is 2. The molecule has 0 saturated carbocycles. The van der Waals surface area contributed by atoms with Crippen molar-refractivity contribution in [1.29, 1.82) is 0 Å². The molecule has 1 fully saturated rings. The Bertz CT molecular complexity index is 1150. The van der Waals surface area contributed by atoms with E-state index < -0.39 is 22.0 Å². The average molecular weight is 470 g/mol. The lowest BCUT2D eigenvalue weighted by atomic mass is 10.1. The Morgan fingerprint density at radius 3 is 2.30 bits per heavy atom. The van der Waals surface area contributed by atoms with Crippen LogP contribution in [0.3, 0.4) is 0 Å². The van der Waals surface area contributed by atoms with Crippen molar-refractivity contribution in [3.8, 4) is 5.75 Å². The van der Waals surface area contributed by atoms with Crippen molar-refractivity contribution in [2.75, 3.05) is 24.5 Å². The summed E-state index contributed by atoms with van der Waals surface area (Å²) in [4.78, 5) is 26.2. The number of hydrogen-bond donors (Lipinski definition) is 1. The molecule has 1 saturated heterocycles. The molecule has 0 bridgehead atoms. The predicted molar refractivity (Wildman–Crippen MR) is 125 cm³/mol. The number of benzene rings is 2. The summed E-state index contributed by atoms with van der Waals surface area (Å²) in [7, 11) is -3.52. The van der Waals surface area contributed by atoms with E-state index in [1.165, 1.54) is 11.0 Å². The first kappa shape index (κ1) is 23.0. The van der Waals surface area contributed by atoms with Crippen LogP contribution in [0, 0.1) is 0 Å². The van der Waals surface area contributed by atoms with Crippen LogP contribution in [0.25, 0.3) is 6.08 Å². The number of hydrogen-bond acceptors (Lipinski definition) is 5. The lowest BCUT2D eigenvalue weighted by molar-refractivity contribution is -0.125. The van der Waals surface area contributed by atoms with Crippen molar-refractivity contribution in [1.82, 2.24) is 4.31 Å². The van der Waals surface area contributed by atoms with Crippen molar-refractivity contribution >= 4 is 33.6 Å². The zero-order valence-electron chi connectivity index (χ0n) is 18.2. The maximum atomic E-state index is 12.9. The third-order valence-corrected chi connectivity index (χ3v) is 7.77. The standard InChI is InChI=1S/C24H27N3O5S/c25-24(29)22-17-27(20-7-3-4-8-21(20)32-22)23(28)14-11-18-9-12-19(13-10-18)33(30,31)26-15-5-1-2-6-16-26/h3-4,7-14,22H,1-2,5-6,15-17H2,(H2,25,29)/b14-11+/t22-/m0/s1. The highest BCUT2D eigenvalue weighted by atomic mass is 32.2. The monoisotopic (exact) mass is 469 g/mol. The van der Waals surface area contributed by atoms with Gasteiger partial charge in [-0.1, -0.05) is 37.1 Å². The largest absolute Gasteiger partial charge is 0.477 e. The van der Waals surface area contributed by atoms with Gasteiger partial charge in [0.25, 0.3) is 11.8 Å². The van der Waals surface area contributed by atoms with Gasteiger partial charge in [-0.05, 0) is 48.7 Å². The molecule has 2 amide bonds. The Morgan fingerprint density at radius 2 is 1.64 bits per heavy atom. The summed E-state index contributed by atoms with van der Waals surface area (Å²) in [6.07, 6.45) is 5.93. The molecule has 0 aromatic heterocycles. The minimum atomic E-state index is -3.52. The summed E-state index contributed by atoms with van der Waals surface area (Å²) in [5.41, 5.74) is 6.64. The summed E-state index contributed by atoms with van der Waals surface area (Å²) in [5, 5.41) is 0. The Labute approximate surface area is 193 Å². The van der Waals surface area contributed by atoms with Crippen LogP contribution in [-0.4, -0.2) is 50.3 Å². The van der Waals surface area contributed by atoms with E-state index in [0.717, 1.165) is 25.7 Å². The minimum absolute atomic E-state index is 0.0164. The van der Waals surface area contributed by atoms with E-state index in [4.69, 9.17) is 10.5 Å². The smallest absolute Gasteiger partial charge is 0.260 e. The molecule has 2 aromatic rings. The molecule has 174 valence electrons. The van der Waals surface area contributed by atoms with Gasteiger partial charge in [-0.25, -0.2) is 8.42 Å². The molecule has 0 radical (unpaired) electrons. The van der Waals surface area contributed by atoms with E-state index in [1.54, 1.807) is 58.9 Å². The fourth-order valence-corrected chi connectivity index (χ4v) is 5.55. The normalized spacial score (nSPS) is 19.5. The van der Waals surface area contributed by atoms with Gasteiger partial charge in [0.2, 0.25) is 10.0 Å². The third kappa shape index (κ3) is 5.09. The van der Waals surface area contributed by atoms with E-state index in [2.05, 4.69) is 0 Å². The average Bonchev–Trinajstić information content (AvgIpc) is 3.12. The second-order valence-electron chi connectivity index (χ2n) is 8.15. The molecule has 0 unspecified atom stereocenters. The fourth-order valence-electron chi connectivity index (χ4n) is 4.03. The van der Waals surface area contributed by atoms with Crippen LogP contribution in [0.1, 0.15) is 31.2 Å². The van der Waals surface area contributed by atoms with Gasteiger partial charge in [-0.3, -0.25) is 9.59 Å². The molecule has 2 heterocycles. The van der Waals surface area contributed by atoms with Crippen LogP contribution < -0.4 is 15.4 Å². The van der Waals surface area contributed by atoms with Gasteiger partial charge in [0.15, 0.2) is 6.10 Å². The molecule has 2 aliphatic rings. The van der Waals surface area contributed by atoms with Crippen molar-refractivity contribution in [2.45, 2.75) is 36.7 Å². The van der Waals surface area contributed by atoms with Crippen molar-refractivity contribution < 1.29 is 22.7 Å². The van der Waals surface area contributed by atoms with Gasteiger partial charge in [-0.2, -0.15) is 4.31 Å². The molecule has 4 rings (SSSR count). The number of anilines is 1. The zero-order valence-corrected chi connectivity index (χ0v) is 19.0. The molecule has 8 nitrogen and oxygen atoms in total. The molecule has 1 atom stereocenters. The number of para-hydroxylation sites is 2. The summed E-state index contributed by atoms with van der Waals surface area (Å²) >= 11 is 0. The third-order valence-electron chi connectivity index (χ3n) is 5.86. The Hall–Kier alpha value is -3.17. The van der Waals surface area contributed by atoms with E-state index in [-0.39, 0.29) is 17.3 Å². The highest BCUT2D eigenvalue weighted by Crippen LogP contribution is 2.33. The number of sulfonamides is 1. The number of nitrogens with two attached hydrogens (primary N) is 1. The van der Waals surface area contributed by atoms with E-state index in [1.807, 2.05) is 0 Å². The number of rotatable bonds is 5. The highest BCUT2D eigenvalue weighted by Gasteiger charge is 2.31. The molecule has 0 spiro atoms. The summed E-state index contributed by atoms with van der Waals surface area (Å²) < 4.78 is 33.0. The van der Waals surface area contributed by atoms with Gasteiger partial charge < -0.3 is 15.4 Å². The first-order valence-corrected chi connectivity index (χ1v) is 12.4. The molecule has 2 aromatic carbocycles. The van der Waals surface area contributed by atoms with Crippen LogP contribution in [-0.2, 0) is 19.6 Å². The number of amides is 2. The summed E-state index contributed by atoms with van der Waals surface area (Å²) in [6.45, 7) is 1.11. The van der Waals surface area contributed by atoms with Crippen LogP contribution in [0.4, 0.5) is 5.69 Å². The first-order chi connectivity index (χ1) is 15.9. The highest BCUT2D eigenvalue weighted by molar-refractivity contribution is 7.89. The SMILES string of the molecule is NC(=O)[C@@H]1CN(C(=O)/C=C/c2ccc(S(=O)(=O)N3CCCCCC3)cc2)c2ccccc2O1. The van der Waals surface area contributed by atoms with Gasteiger partial charge in [0.05, 0.1) is 17.1 Å². The van der Waals surface area contributed by atoms with Crippen molar-refractivity contribution in [2.24, 2.45) is 5.73 Å². The molecule has 9 heteroatoms. The first-order valence-electron chi connectivity index (χ1n) is 11.0. The minimum Gasteiger partial charge on any atom is -0.477 e. The van der Waals surface area contributed by atoms with Gasteiger partial charge in [0.1, 0.15) is 5.75 Å². The lowest BCUT2D eigenvalue weighted by Gasteiger charge is -2.32. The summed E-state index contributed by atoms with van der Waals surface area (Å²) in [6, 6.07) is 13.4. The number of primary amides is 1. The molecule has 2 aliphatic heterocycles. The molecule has 33 heavy (non-hydrogen) atoms. The number of carbonyl (C=O) groups is 2. The quantitative estimate of drug-likeness (QED) is 0.677.